The van der Waals surface area contributed by atoms with Crippen LogP contribution in [0.2, 0.25) is 0 Å². The van der Waals surface area contributed by atoms with Gasteiger partial charge in [-0.15, -0.1) is 5.10 Å². The summed E-state index contributed by atoms with van der Waals surface area (Å²) in [7, 11) is 1.64. The molecule has 3 aromatic rings. The summed E-state index contributed by atoms with van der Waals surface area (Å²) in [6, 6.07) is 17.4. The topological polar surface area (TPSA) is 85.1 Å². The zero-order chi connectivity index (χ0) is 16.8. The fourth-order valence-electron chi connectivity index (χ4n) is 2.19. The lowest BCUT2D eigenvalue weighted by Gasteiger charge is -2.05. The normalized spacial score (nSPS) is 12.0. The molecule has 0 atom stereocenters. The van der Waals surface area contributed by atoms with Crippen LogP contribution in [0.15, 0.2) is 69.2 Å². The third-order valence-corrected chi connectivity index (χ3v) is 3.43. The van der Waals surface area contributed by atoms with E-state index in [1.54, 1.807) is 7.11 Å². The summed E-state index contributed by atoms with van der Waals surface area (Å²) in [4.78, 5) is 0. The molecule has 0 aliphatic carbocycles. The van der Waals surface area contributed by atoms with Crippen molar-refractivity contribution in [2.24, 2.45) is 15.9 Å². The zero-order valence-corrected chi connectivity index (χ0v) is 13.3. The molecule has 6 nitrogen and oxygen atoms in total. The maximum atomic E-state index is 5.79. The second-order valence-electron chi connectivity index (χ2n) is 5.12. The predicted molar refractivity (Wildman–Crippen MR) is 95.3 cm³/mol. The van der Waals surface area contributed by atoms with E-state index >= 15 is 0 Å². The first-order chi connectivity index (χ1) is 11.7. The molecule has 0 amide bonds. The van der Waals surface area contributed by atoms with E-state index in [-0.39, 0.29) is 5.96 Å². The van der Waals surface area contributed by atoms with E-state index in [1.165, 1.54) is 6.21 Å². The predicted octanol–water partition coefficient (Wildman–Crippen LogP) is 2.88. The lowest BCUT2D eigenvalue weighted by atomic mass is 10.2. The third kappa shape index (κ3) is 3.92. The van der Waals surface area contributed by atoms with Crippen molar-refractivity contribution in [1.82, 2.24) is 5.32 Å². The van der Waals surface area contributed by atoms with Gasteiger partial charge in [0.15, 0.2) is 0 Å². The first-order valence-corrected chi connectivity index (χ1v) is 7.46. The van der Waals surface area contributed by atoms with Crippen LogP contribution in [0, 0.1) is 0 Å². The van der Waals surface area contributed by atoms with Crippen LogP contribution < -0.4 is 15.8 Å². The molecular weight excluding hydrogens is 304 g/mol. The largest absolute Gasteiger partial charge is 0.497 e. The summed E-state index contributed by atoms with van der Waals surface area (Å²) < 4.78 is 10.7. The van der Waals surface area contributed by atoms with Crippen LogP contribution in [0.1, 0.15) is 11.3 Å². The third-order valence-electron chi connectivity index (χ3n) is 3.43. The van der Waals surface area contributed by atoms with Gasteiger partial charge in [-0.2, -0.15) is 5.10 Å². The second-order valence-corrected chi connectivity index (χ2v) is 5.12. The maximum Gasteiger partial charge on any atom is 0.214 e. The van der Waals surface area contributed by atoms with E-state index in [0.29, 0.717) is 12.3 Å². The molecule has 0 fully saturated rings. The molecule has 122 valence electrons. The molecule has 1 aromatic heterocycles. The summed E-state index contributed by atoms with van der Waals surface area (Å²) in [5.41, 5.74) is 7.67. The summed E-state index contributed by atoms with van der Waals surface area (Å²) in [6.07, 6.45) is 1.53. The van der Waals surface area contributed by atoms with E-state index in [1.807, 2.05) is 54.6 Å². The fraction of sp³-hybridized carbons (Fsp3) is 0.111. The van der Waals surface area contributed by atoms with Gasteiger partial charge in [0, 0.05) is 11.9 Å². The number of ether oxygens (including phenoxy) is 1. The van der Waals surface area contributed by atoms with E-state index in [9.17, 15) is 0 Å². The quantitative estimate of drug-likeness (QED) is 0.430. The van der Waals surface area contributed by atoms with Crippen molar-refractivity contribution in [2.45, 2.75) is 6.54 Å². The lowest BCUT2D eigenvalue weighted by molar-refractivity contribution is 0.414. The zero-order valence-electron chi connectivity index (χ0n) is 13.3. The fourth-order valence-corrected chi connectivity index (χ4v) is 2.19. The lowest BCUT2D eigenvalue weighted by Crippen LogP contribution is -2.30. The van der Waals surface area contributed by atoms with Crippen LogP contribution in [0.25, 0.3) is 11.0 Å². The molecule has 1 heterocycles. The van der Waals surface area contributed by atoms with Crippen LogP contribution in [0.5, 0.6) is 5.75 Å². The van der Waals surface area contributed by atoms with Crippen molar-refractivity contribution in [3.8, 4) is 5.75 Å². The van der Waals surface area contributed by atoms with Crippen LogP contribution in [-0.2, 0) is 6.54 Å². The minimum Gasteiger partial charge on any atom is -0.497 e. The van der Waals surface area contributed by atoms with Crippen molar-refractivity contribution < 1.29 is 9.15 Å². The Balaban J connectivity index is 1.56. The minimum atomic E-state index is 0.234. The molecule has 24 heavy (non-hydrogen) atoms. The molecule has 0 bridgehead atoms. The Morgan fingerprint density at radius 3 is 2.75 bits per heavy atom. The molecule has 0 spiro atoms. The number of methoxy groups -OCH3 is 1. The first kappa shape index (κ1) is 15.6. The van der Waals surface area contributed by atoms with Crippen molar-refractivity contribution in [3.63, 3.8) is 0 Å². The smallest absolute Gasteiger partial charge is 0.214 e. The minimum absolute atomic E-state index is 0.234. The highest BCUT2D eigenvalue weighted by atomic mass is 16.5. The summed E-state index contributed by atoms with van der Waals surface area (Å²) in [5.74, 6) is 1.68. The molecule has 0 unspecified atom stereocenters. The first-order valence-electron chi connectivity index (χ1n) is 7.46. The molecular formula is C18H18N4O2. The summed E-state index contributed by atoms with van der Waals surface area (Å²) in [5, 5.41) is 11.9. The maximum absolute atomic E-state index is 5.79. The average Bonchev–Trinajstić information content (AvgIpc) is 3.03. The van der Waals surface area contributed by atoms with Gasteiger partial charge in [0.05, 0.1) is 13.3 Å². The van der Waals surface area contributed by atoms with E-state index in [4.69, 9.17) is 14.9 Å². The number of nitrogens with zero attached hydrogens (tertiary/aromatic N) is 2. The number of rotatable bonds is 5. The van der Waals surface area contributed by atoms with Gasteiger partial charge in [0.25, 0.3) is 0 Å². The molecule has 6 heteroatoms. The van der Waals surface area contributed by atoms with Gasteiger partial charge in [0.2, 0.25) is 5.96 Å². The van der Waals surface area contributed by atoms with Crippen molar-refractivity contribution in [1.29, 1.82) is 0 Å². The van der Waals surface area contributed by atoms with Crippen LogP contribution in [0.3, 0.4) is 0 Å². The van der Waals surface area contributed by atoms with E-state index < -0.39 is 0 Å². The number of hydrogen-bond donors (Lipinski definition) is 2. The number of hydrogen-bond acceptors (Lipinski definition) is 4. The molecule has 0 aliphatic heterocycles. The van der Waals surface area contributed by atoms with Gasteiger partial charge in [0.1, 0.15) is 17.1 Å². The molecule has 0 aliphatic rings. The Morgan fingerprint density at radius 1 is 1.21 bits per heavy atom. The van der Waals surface area contributed by atoms with Gasteiger partial charge in [-0.25, -0.2) is 0 Å². The Morgan fingerprint density at radius 2 is 2.00 bits per heavy atom. The molecule has 3 N–H and O–H groups in total. The van der Waals surface area contributed by atoms with Gasteiger partial charge >= 0.3 is 0 Å². The number of nitrogens with two attached hydrogens (primary N) is 1. The second kappa shape index (κ2) is 7.32. The molecule has 2 aromatic carbocycles. The number of para-hydroxylation sites is 1. The highest BCUT2D eigenvalue weighted by molar-refractivity contribution is 5.87. The van der Waals surface area contributed by atoms with E-state index in [2.05, 4.69) is 15.5 Å². The monoisotopic (exact) mass is 322 g/mol. The Labute approximate surface area is 139 Å². The number of guanidine groups is 1. The molecule has 0 saturated carbocycles. The summed E-state index contributed by atoms with van der Waals surface area (Å²) >= 11 is 0. The van der Waals surface area contributed by atoms with Crippen LogP contribution >= 0.6 is 0 Å². The number of nitrogens with one attached hydrogen (secondary N) is 1. The van der Waals surface area contributed by atoms with Gasteiger partial charge in [-0.3, -0.25) is 0 Å². The van der Waals surface area contributed by atoms with E-state index in [0.717, 1.165) is 22.3 Å². The molecule has 3 rings (SSSR count). The van der Waals surface area contributed by atoms with Gasteiger partial charge in [-0.1, -0.05) is 30.3 Å². The van der Waals surface area contributed by atoms with Crippen molar-refractivity contribution >= 4 is 23.1 Å². The average molecular weight is 322 g/mol. The molecule has 0 saturated heterocycles. The highest BCUT2D eigenvalue weighted by Gasteiger charge is 2.00. The Hall–Kier alpha value is -3.28. The van der Waals surface area contributed by atoms with Crippen LogP contribution in [-0.4, -0.2) is 19.3 Å². The highest BCUT2D eigenvalue weighted by Crippen LogP contribution is 2.17. The Bertz CT molecular complexity index is 833. The summed E-state index contributed by atoms with van der Waals surface area (Å²) in [6.45, 7) is 0.555. The molecule has 0 radical (unpaired) electrons. The van der Waals surface area contributed by atoms with Crippen LogP contribution in [0.4, 0.5) is 0 Å². The SMILES string of the molecule is COc1ccc(CNC(N)=NN=Cc2cc3ccccc3o2)cc1. The van der Waals surface area contributed by atoms with Gasteiger partial charge in [-0.05, 0) is 29.8 Å². The number of furan rings is 1. The number of benzene rings is 2. The Kier molecular flexibility index (Phi) is 4.76. The van der Waals surface area contributed by atoms with Crippen molar-refractivity contribution in [3.05, 3.63) is 65.9 Å². The number of fused-ring (bicyclic) bond motifs is 1. The van der Waals surface area contributed by atoms with Gasteiger partial charge < -0.3 is 20.2 Å². The van der Waals surface area contributed by atoms with Crippen molar-refractivity contribution in [2.75, 3.05) is 7.11 Å². The standard InChI is InChI=1S/C18H18N4O2/c1-23-15-8-6-13(7-9-15)11-20-18(19)22-21-12-16-10-14-4-2-3-5-17(14)24-16/h2-10,12H,11H2,1H3,(H3,19,20,22).